The number of anilines is 1. The number of aromatic nitrogens is 5. The largest absolute Gasteiger partial charge is 0.494 e. The summed E-state index contributed by atoms with van der Waals surface area (Å²) in [7, 11) is 0.298. The van der Waals surface area contributed by atoms with Gasteiger partial charge in [0.1, 0.15) is 34.6 Å². The molecule has 0 bridgehead atoms. The third kappa shape index (κ3) is 5.49. The second-order valence-electron chi connectivity index (χ2n) is 8.51. The average Bonchev–Trinajstić information content (AvgIpc) is 3.50. The number of nitrogens with zero attached hydrogens (tertiary/aromatic N) is 5. The summed E-state index contributed by atoms with van der Waals surface area (Å²) in [6.07, 6.45) is 2.92. The zero-order chi connectivity index (χ0) is 26.7. The van der Waals surface area contributed by atoms with E-state index in [1.165, 1.54) is 40.6 Å². The molecule has 2 aromatic heterocycles. The number of benzene rings is 1. The highest BCUT2D eigenvalue weighted by Crippen LogP contribution is 2.40. The maximum absolute atomic E-state index is 13.6. The monoisotopic (exact) mass is 552 g/mol. The van der Waals surface area contributed by atoms with Crippen LogP contribution in [-0.4, -0.2) is 65.8 Å². The molecular weight excluding hydrogens is 524 g/mol. The van der Waals surface area contributed by atoms with Gasteiger partial charge in [0, 0.05) is 19.5 Å². The van der Waals surface area contributed by atoms with Gasteiger partial charge in [0.25, 0.3) is 0 Å². The minimum atomic E-state index is -4.11. The van der Waals surface area contributed by atoms with Crippen LogP contribution in [0.1, 0.15) is 50.5 Å². The van der Waals surface area contributed by atoms with Crippen molar-refractivity contribution in [3.63, 3.8) is 0 Å². The molecule has 1 N–H and O–H groups in total. The Labute approximate surface area is 220 Å². The summed E-state index contributed by atoms with van der Waals surface area (Å²) < 4.78 is 53.9. The van der Waals surface area contributed by atoms with E-state index in [1.807, 2.05) is 6.92 Å². The minimum Gasteiger partial charge on any atom is -0.494 e. The van der Waals surface area contributed by atoms with Crippen molar-refractivity contribution >= 4 is 27.6 Å². The van der Waals surface area contributed by atoms with Crippen LogP contribution in [0, 0.1) is 0 Å². The van der Waals surface area contributed by atoms with E-state index in [4.69, 9.17) is 30.5 Å². The first-order valence-corrected chi connectivity index (χ1v) is 13.5. The highest BCUT2D eigenvalue weighted by Gasteiger charge is 2.36. The van der Waals surface area contributed by atoms with Crippen molar-refractivity contribution in [2.24, 2.45) is 0 Å². The van der Waals surface area contributed by atoms with Crippen molar-refractivity contribution in [1.82, 2.24) is 24.7 Å². The van der Waals surface area contributed by atoms with Crippen molar-refractivity contribution < 1.29 is 27.4 Å². The minimum absolute atomic E-state index is 0.0247. The van der Waals surface area contributed by atoms with Crippen LogP contribution in [0.25, 0.3) is 5.69 Å². The highest BCUT2D eigenvalue weighted by atomic mass is 35.5. The molecule has 4 atom stereocenters. The maximum atomic E-state index is 13.6. The van der Waals surface area contributed by atoms with Crippen LogP contribution in [0.3, 0.4) is 0 Å². The summed E-state index contributed by atoms with van der Waals surface area (Å²) in [5.41, 5.74) is 0.435. The Bertz CT molecular complexity index is 1310. The number of para-hydroxylation sites is 1. The lowest BCUT2D eigenvalue weighted by Crippen LogP contribution is -2.33. The molecule has 4 rings (SSSR count). The Balaban J connectivity index is 1.78. The lowest BCUT2D eigenvalue weighted by molar-refractivity contribution is 0.0492. The Morgan fingerprint density at radius 3 is 2.30 bits per heavy atom. The number of ether oxygens (including phenoxy) is 4. The van der Waals surface area contributed by atoms with Gasteiger partial charge in [0.2, 0.25) is 16.0 Å². The molecule has 37 heavy (non-hydrogen) atoms. The molecule has 0 amide bonds. The number of rotatable bonds is 10. The van der Waals surface area contributed by atoms with Crippen molar-refractivity contribution in [1.29, 1.82) is 0 Å². The van der Waals surface area contributed by atoms with Crippen molar-refractivity contribution in [3.8, 4) is 17.2 Å². The number of sulfonamides is 1. The van der Waals surface area contributed by atoms with Crippen LogP contribution < -0.4 is 14.2 Å². The second-order valence-corrected chi connectivity index (χ2v) is 11.0. The molecule has 0 aliphatic carbocycles. The first-order valence-electron chi connectivity index (χ1n) is 11.5. The average molecular weight is 553 g/mol. The van der Waals surface area contributed by atoms with Crippen molar-refractivity contribution in [2.75, 3.05) is 26.1 Å². The molecule has 1 saturated heterocycles. The van der Waals surface area contributed by atoms with E-state index in [-0.39, 0.29) is 17.9 Å². The van der Waals surface area contributed by atoms with Crippen molar-refractivity contribution in [2.45, 2.75) is 50.3 Å². The number of nitrogens with one attached hydrogen (secondary N) is 1. The molecule has 12 nitrogen and oxygen atoms in total. The predicted octanol–water partition coefficient (Wildman–Crippen LogP) is 3.49. The number of hydrogen-bond donors (Lipinski definition) is 1. The smallest absolute Gasteiger partial charge is 0.243 e. The van der Waals surface area contributed by atoms with E-state index in [9.17, 15) is 8.42 Å². The first-order chi connectivity index (χ1) is 17.7. The zero-order valence-corrected chi connectivity index (χ0v) is 22.7. The van der Waals surface area contributed by atoms with E-state index in [0.717, 1.165) is 6.42 Å². The summed E-state index contributed by atoms with van der Waals surface area (Å²) in [4.78, 5) is 8.24. The van der Waals surface area contributed by atoms with Gasteiger partial charge >= 0.3 is 0 Å². The van der Waals surface area contributed by atoms with E-state index in [0.29, 0.717) is 34.5 Å². The van der Waals surface area contributed by atoms with Gasteiger partial charge in [-0.25, -0.2) is 18.4 Å². The molecule has 0 spiro atoms. The van der Waals surface area contributed by atoms with Gasteiger partial charge < -0.3 is 18.9 Å². The first kappa shape index (κ1) is 27.0. The lowest BCUT2D eigenvalue weighted by atomic mass is 10.2. The van der Waals surface area contributed by atoms with Gasteiger partial charge in [0.15, 0.2) is 11.6 Å². The van der Waals surface area contributed by atoms with Gasteiger partial charge in [-0.05, 0) is 38.8 Å². The van der Waals surface area contributed by atoms with Crippen LogP contribution >= 0.6 is 11.6 Å². The van der Waals surface area contributed by atoms with Crippen LogP contribution in [0.15, 0.2) is 30.6 Å². The molecule has 1 aliphatic heterocycles. The zero-order valence-electron chi connectivity index (χ0n) is 21.1. The predicted molar refractivity (Wildman–Crippen MR) is 136 cm³/mol. The van der Waals surface area contributed by atoms with Gasteiger partial charge in [-0.15, -0.1) is 10.2 Å². The van der Waals surface area contributed by atoms with Crippen LogP contribution in [0.2, 0.25) is 5.02 Å². The molecule has 14 heteroatoms. The summed E-state index contributed by atoms with van der Waals surface area (Å²) in [5, 5.41) is 7.71. The standard InChI is InChI=1S/C23H29ClN6O6S/c1-13-9-10-18(36-13)22-27-28-23(30(22)19-16(33-3)7-6-8-17(19)34-4)29-37(31,32)14(2)20(35-5)21-25-11-15(24)12-26-21/h6-8,11-14,18,20H,9-10H2,1-5H3,(H,28,29)/t13-,14?,18-,20?/m0/s1. The number of halogens is 1. The fraction of sp³-hybridized carbons (Fsp3) is 0.478. The van der Waals surface area contributed by atoms with Crippen molar-refractivity contribution in [3.05, 3.63) is 47.3 Å². The van der Waals surface area contributed by atoms with Gasteiger partial charge in [0.05, 0.1) is 25.3 Å². The fourth-order valence-electron chi connectivity index (χ4n) is 4.20. The Hall–Kier alpha value is -3.00. The van der Waals surface area contributed by atoms with Crippen LogP contribution in [0.5, 0.6) is 11.5 Å². The molecule has 1 aliphatic rings. The quantitative estimate of drug-likeness (QED) is 0.397. The number of methoxy groups -OCH3 is 3. The number of hydrogen-bond acceptors (Lipinski definition) is 10. The Kier molecular flexibility index (Phi) is 8.17. The van der Waals surface area contributed by atoms with Crippen LogP contribution in [-0.2, 0) is 19.5 Å². The molecule has 0 radical (unpaired) electrons. The molecule has 3 heterocycles. The lowest BCUT2D eigenvalue weighted by Gasteiger charge is -2.23. The molecular formula is C23H29ClN6O6S. The Morgan fingerprint density at radius 2 is 1.76 bits per heavy atom. The van der Waals surface area contributed by atoms with E-state index in [1.54, 1.807) is 22.8 Å². The SMILES string of the molecule is COc1cccc(OC)c1-n1c(NS(=O)(=O)C(C)C(OC)c2ncc(Cl)cn2)nnc1[C@@H]1CC[C@H](C)O1. The second kappa shape index (κ2) is 11.2. The molecule has 2 unspecified atom stereocenters. The molecule has 1 fully saturated rings. The van der Waals surface area contributed by atoms with E-state index in [2.05, 4.69) is 24.9 Å². The maximum Gasteiger partial charge on any atom is 0.243 e. The van der Waals surface area contributed by atoms with Gasteiger partial charge in [-0.1, -0.05) is 17.7 Å². The molecule has 1 aromatic carbocycles. The van der Waals surface area contributed by atoms with Gasteiger partial charge in [-0.2, -0.15) is 0 Å². The summed E-state index contributed by atoms with van der Waals surface area (Å²) in [5.74, 6) is 1.40. The molecule has 0 saturated carbocycles. The van der Waals surface area contributed by atoms with E-state index < -0.39 is 27.5 Å². The highest BCUT2D eigenvalue weighted by molar-refractivity contribution is 7.93. The fourth-order valence-corrected chi connectivity index (χ4v) is 5.42. The molecule has 3 aromatic rings. The normalized spacial score (nSPS) is 19.4. The summed E-state index contributed by atoms with van der Waals surface area (Å²) >= 11 is 5.88. The van der Waals surface area contributed by atoms with Gasteiger partial charge in [-0.3, -0.25) is 9.29 Å². The topological polar surface area (TPSA) is 140 Å². The third-order valence-electron chi connectivity index (χ3n) is 6.13. The summed E-state index contributed by atoms with van der Waals surface area (Å²) in [6, 6.07) is 5.24. The molecule has 200 valence electrons. The van der Waals surface area contributed by atoms with Crippen LogP contribution in [0.4, 0.5) is 5.95 Å². The summed E-state index contributed by atoms with van der Waals surface area (Å²) in [6.45, 7) is 3.46. The van der Waals surface area contributed by atoms with E-state index >= 15 is 0 Å². The third-order valence-corrected chi connectivity index (χ3v) is 8.02. The Morgan fingerprint density at radius 1 is 1.11 bits per heavy atom.